The molecule has 2 aromatic heterocycles. The monoisotopic (exact) mass is 1070 g/mol. The number of fused-ring (bicyclic) bond motifs is 1. The van der Waals surface area contributed by atoms with E-state index in [1.54, 1.807) is 59.3 Å². The first-order valence-corrected chi connectivity index (χ1v) is 26.3. The Hall–Kier alpha value is -7.39. The lowest BCUT2D eigenvalue weighted by Crippen LogP contribution is -2.64. The van der Waals surface area contributed by atoms with E-state index in [2.05, 4.69) is 30.7 Å². The third-order valence-corrected chi connectivity index (χ3v) is 15.6. The van der Waals surface area contributed by atoms with Gasteiger partial charge in [0.25, 0.3) is 5.91 Å². The number of hydrogen-bond acceptors (Lipinski definition) is 12. The third kappa shape index (κ3) is 12.1. The van der Waals surface area contributed by atoms with Crippen LogP contribution in [0.15, 0.2) is 67.0 Å². The summed E-state index contributed by atoms with van der Waals surface area (Å²) < 4.78 is 55.9. The quantitative estimate of drug-likeness (QED) is 0.0937. The molecule has 0 bridgehead atoms. The SMILES string of the molecule is COC(=O)N[C@H](C(=O)N1[C@H](c2ncc(-c3ccc(-c4ccc(C(=O)Nc5ccc(N6CCN(C(=O)[C@]7(C)CCCN7C(=O)[C@@H](NC(=O)OC)C(C)C)C[C@H]6C)nc5)cc4OC(F)(F)F)cc3)[nH]2)C[C@@H]2CCCC[C@@H]21)C(C)C. The zero-order chi connectivity index (χ0) is 55.5. The highest BCUT2D eigenvalue weighted by Crippen LogP contribution is 2.47. The van der Waals surface area contributed by atoms with Crippen molar-refractivity contribution >= 4 is 47.3 Å². The summed E-state index contributed by atoms with van der Waals surface area (Å²) in [5, 5.41) is 8.06. The number of methoxy groups -OCH3 is 2. The molecule has 4 aromatic rings. The van der Waals surface area contributed by atoms with Gasteiger partial charge in [-0.05, 0) is 105 Å². The molecular weight excluding hydrogens is 1000 g/mol. The second-order valence-electron chi connectivity index (χ2n) is 21.4. The molecule has 2 aromatic carbocycles. The number of benzene rings is 2. The van der Waals surface area contributed by atoms with Crippen LogP contribution in [0.4, 0.5) is 34.3 Å². The molecule has 7 atom stereocenters. The number of H-pyrrole nitrogens is 1. The van der Waals surface area contributed by atoms with Crippen LogP contribution in [-0.4, -0.2) is 142 Å². The van der Waals surface area contributed by atoms with Crippen LogP contribution in [0.25, 0.3) is 22.4 Å². The zero-order valence-electron chi connectivity index (χ0n) is 44.7. The number of aromatic amines is 1. The largest absolute Gasteiger partial charge is 0.573 e. The van der Waals surface area contributed by atoms with Crippen LogP contribution in [0.2, 0.25) is 0 Å². The number of pyridine rings is 1. The van der Waals surface area contributed by atoms with Gasteiger partial charge >= 0.3 is 18.5 Å². The van der Waals surface area contributed by atoms with E-state index in [1.807, 2.05) is 44.4 Å². The third-order valence-electron chi connectivity index (χ3n) is 15.6. The molecule has 414 valence electrons. The van der Waals surface area contributed by atoms with E-state index in [1.165, 1.54) is 32.5 Å². The molecule has 6 amide bonds. The highest BCUT2D eigenvalue weighted by molar-refractivity contribution is 6.05. The van der Waals surface area contributed by atoms with Gasteiger partial charge in [0.05, 0.1) is 44.0 Å². The van der Waals surface area contributed by atoms with Crippen molar-refractivity contribution in [1.82, 2.24) is 40.3 Å². The Labute approximate surface area is 445 Å². The van der Waals surface area contributed by atoms with E-state index in [-0.39, 0.29) is 64.7 Å². The van der Waals surface area contributed by atoms with Crippen molar-refractivity contribution in [2.24, 2.45) is 17.8 Å². The van der Waals surface area contributed by atoms with Gasteiger partial charge in [-0.1, -0.05) is 64.8 Å². The molecule has 0 spiro atoms. The van der Waals surface area contributed by atoms with Crippen LogP contribution in [0.5, 0.6) is 5.75 Å². The lowest BCUT2D eigenvalue weighted by Gasteiger charge is -2.45. The number of piperazine rings is 1. The number of rotatable bonds is 14. The molecule has 0 unspecified atom stereocenters. The number of alkyl carbamates (subject to hydrolysis) is 2. The summed E-state index contributed by atoms with van der Waals surface area (Å²) in [6.07, 6.45) is 2.34. The van der Waals surface area contributed by atoms with Gasteiger partial charge in [0, 0.05) is 49.4 Å². The number of ether oxygens (including phenoxy) is 3. The topological polar surface area (TPSA) is 221 Å². The second kappa shape index (κ2) is 23.1. The number of aromatic nitrogens is 3. The predicted octanol–water partition coefficient (Wildman–Crippen LogP) is 8.30. The Morgan fingerprint density at radius 1 is 0.792 bits per heavy atom. The molecule has 1 aliphatic carbocycles. The fraction of sp³-hybridized carbons (Fsp3) is 0.527. The van der Waals surface area contributed by atoms with Crippen LogP contribution >= 0.6 is 0 Å². The first kappa shape index (κ1) is 55.8. The van der Waals surface area contributed by atoms with Crippen molar-refractivity contribution in [1.29, 1.82) is 0 Å². The van der Waals surface area contributed by atoms with Crippen LogP contribution in [0.1, 0.15) is 109 Å². The van der Waals surface area contributed by atoms with Gasteiger partial charge in [-0.25, -0.2) is 19.6 Å². The maximum Gasteiger partial charge on any atom is 0.573 e. The highest BCUT2D eigenvalue weighted by atomic mass is 19.4. The highest BCUT2D eigenvalue weighted by Gasteiger charge is 2.51. The minimum Gasteiger partial charge on any atom is -0.453 e. The Kier molecular flexibility index (Phi) is 16.7. The molecule has 4 fully saturated rings. The molecule has 3 saturated heterocycles. The molecule has 0 radical (unpaired) electrons. The molecule has 8 rings (SSSR count). The lowest BCUT2D eigenvalue weighted by atomic mass is 9.84. The van der Waals surface area contributed by atoms with Crippen LogP contribution in [0.3, 0.4) is 0 Å². The minimum absolute atomic E-state index is 0.000743. The Balaban J connectivity index is 0.917. The number of halogens is 3. The van der Waals surface area contributed by atoms with Gasteiger partial charge in [-0.2, -0.15) is 0 Å². The van der Waals surface area contributed by atoms with E-state index in [9.17, 15) is 41.9 Å². The second-order valence-corrected chi connectivity index (χ2v) is 21.4. The number of nitrogens with zero attached hydrogens (tertiary/aromatic N) is 6. The van der Waals surface area contributed by atoms with Gasteiger partial charge < -0.3 is 54.7 Å². The summed E-state index contributed by atoms with van der Waals surface area (Å²) in [6.45, 7) is 12.6. The van der Waals surface area contributed by atoms with E-state index >= 15 is 0 Å². The summed E-state index contributed by atoms with van der Waals surface area (Å²) in [4.78, 5) is 100. The van der Waals surface area contributed by atoms with E-state index in [4.69, 9.17) is 14.5 Å². The molecule has 22 heteroatoms. The normalized spacial score (nSPS) is 22.3. The molecular formula is C55H69F3N10O9. The maximum atomic E-state index is 14.3. The Morgan fingerprint density at radius 3 is 2.08 bits per heavy atom. The number of amides is 6. The number of hydrogen-bond donors (Lipinski definition) is 4. The summed E-state index contributed by atoms with van der Waals surface area (Å²) in [7, 11) is 2.48. The Morgan fingerprint density at radius 2 is 1.45 bits per heavy atom. The van der Waals surface area contributed by atoms with E-state index in [0.717, 1.165) is 31.7 Å². The number of nitrogens with one attached hydrogen (secondary N) is 4. The summed E-state index contributed by atoms with van der Waals surface area (Å²) in [6, 6.07) is 11.7. The fourth-order valence-corrected chi connectivity index (χ4v) is 11.5. The number of alkyl halides is 3. The molecule has 5 heterocycles. The zero-order valence-corrected chi connectivity index (χ0v) is 44.7. The number of carbonyl (C=O) groups excluding carboxylic acids is 6. The van der Waals surface area contributed by atoms with E-state index < -0.39 is 47.8 Å². The number of carbonyl (C=O) groups is 6. The summed E-state index contributed by atoms with van der Waals surface area (Å²) >= 11 is 0. The first-order chi connectivity index (χ1) is 36.6. The predicted molar refractivity (Wildman–Crippen MR) is 279 cm³/mol. The number of likely N-dealkylation sites (tertiary alicyclic amines) is 2. The van der Waals surface area contributed by atoms with Crippen molar-refractivity contribution in [2.45, 2.75) is 129 Å². The van der Waals surface area contributed by atoms with Crippen molar-refractivity contribution in [3.8, 4) is 28.1 Å². The molecule has 19 nitrogen and oxygen atoms in total. The van der Waals surface area contributed by atoms with Crippen molar-refractivity contribution in [3.63, 3.8) is 0 Å². The molecule has 1 saturated carbocycles. The molecule has 4 aliphatic rings. The summed E-state index contributed by atoms with van der Waals surface area (Å²) in [5.74, 6) is -0.969. The summed E-state index contributed by atoms with van der Waals surface area (Å²) in [5.41, 5.74) is 0.913. The van der Waals surface area contributed by atoms with Gasteiger partial charge in [0.15, 0.2) is 0 Å². The number of imidazole rings is 1. The van der Waals surface area contributed by atoms with Crippen LogP contribution < -0.4 is 25.6 Å². The van der Waals surface area contributed by atoms with Gasteiger partial charge in [0.2, 0.25) is 17.7 Å². The fourth-order valence-electron chi connectivity index (χ4n) is 11.5. The molecule has 3 aliphatic heterocycles. The standard InChI is InChI=1S/C55H69F3N10O9/c1-31(2)45(63-52(73)75-7)49(70)67-23-11-22-54(67,6)51(72)65-24-25-66(33(5)30-65)44-21-19-38(28-59-44)61-48(69)37-18-20-39(43(27-37)77-55(56,57)58)34-14-16-35(17-15-34)40-29-60-47(62-40)42-26-36-12-9-10-13-41(36)68(42)50(71)46(32(3)4)64-53(74)76-8/h14-21,27-29,31-33,36,41-42,45-46H,9-13,22-26,30H2,1-8H3,(H,60,62)(H,61,69)(H,63,73)(H,64,74)/t33-,36+,41+,42+,45+,46+,54+/m1/s1. The lowest BCUT2D eigenvalue weighted by molar-refractivity contribution is -0.274. The molecule has 4 N–H and O–H groups in total. The van der Waals surface area contributed by atoms with Gasteiger partial charge in [-0.3, -0.25) is 19.2 Å². The minimum atomic E-state index is -5.07. The maximum absolute atomic E-state index is 14.3. The van der Waals surface area contributed by atoms with Crippen molar-refractivity contribution < 1.29 is 56.1 Å². The van der Waals surface area contributed by atoms with E-state index in [0.29, 0.717) is 79.6 Å². The van der Waals surface area contributed by atoms with Crippen LogP contribution in [0, 0.1) is 17.8 Å². The van der Waals surface area contributed by atoms with Crippen LogP contribution in [-0.2, 0) is 23.9 Å². The average molecular weight is 1070 g/mol. The van der Waals surface area contributed by atoms with Crippen molar-refractivity contribution in [3.05, 3.63) is 78.4 Å². The van der Waals surface area contributed by atoms with Gasteiger partial charge in [0.1, 0.15) is 35.0 Å². The van der Waals surface area contributed by atoms with Gasteiger partial charge in [-0.15, -0.1) is 13.2 Å². The van der Waals surface area contributed by atoms with Crippen molar-refractivity contribution in [2.75, 3.05) is 50.6 Å². The average Bonchev–Trinajstić information content (AvgIpc) is 4.18. The first-order valence-electron chi connectivity index (χ1n) is 26.3. The Bertz CT molecular complexity index is 2810. The smallest absolute Gasteiger partial charge is 0.453 e. The number of anilines is 2. The molecule has 77 heavy (non-hydrogen) atoms.